The lowest BCUT2D eigenvalue weighted by atomic mass is 9.84. The number of hydrogen-bond donors (Lipinski definition) is 1. The Balaban J connectivity index is 1.82. The first-order valence-electron chi connectivity index (χ1n) is 7.70. The summed E-state index contributed by atoms with van der Waals surface area (Å²) in [7, 11) is 0. The van der Waals surface area contributed by atoms with Crippen molar-refractivity contribution in [3.8, 4) is 0 Å². The van der Waals surface area contributed by atoms with E-state index in [0.717, 1.165) is 26.2 Å². The minimum absolute atomic E-state index is 0.168. The van der Waals surface area contributed by atoms with Gasteiger partial charge in [0.2, 0.25) is 5.91 Å². The molecule has 2 saturated heterocycles. The van der Waals surface area contributed by atoms with E-state index in [9.17, 15) is 4.79 Å². The van der Waals surface area contributed by atoms with Crippen LogP contribution in [0.25, 0.3) is 0 Å². The van der Waals surface area contributed by atoms with Gasteiger partial charge in [0.15, 0.2) is 0 Å². The van der Waals surface area contributed by atoms with Gasteiger partial charge in [0.1, 0.15) is 0 Å². The summed E-state index contributed by atoms with van der Waals surface area (Å²) < 4.78 is 5.69. The molecule has 0 aromatic rings. The first-order chi connectivity index (χ1) is 9.06. The van der Waals surface area contributed by atoms with Crippen LogP contribution in [0, 0.1) is 11.8 Å². The van der Waals surface area contributed by atoms with Crippen LogP contribution in [0.15, 0.2) is 0 Å². The highest BCUT2D eigenvalue weighted by Crippen LogP contribution is 2.25. The molecule has 4 heteroatoms. The highest BCUT2D eigenvalue weighted by Gasteiger charge is 2.28. The van der Waals surface area contributed by atoms with Gasteiger partial charge < -0.3 is 15.0 Å². The highest BCUT2D eigenvalue weighted by atomic mass is 16.5. The van der Waals surface area contributed by atoms with E-state index >= 15 is 0 Å². The molecule has 0 aromatic heterocycles. The van der Waals surface area contributed by atoms with Gasteiger partial charge in [0, 0.05) is 19.5 Å². The first-order valence-corrected chi connectivity index (χ1v) is 7.70. The SMILES string of the molecule is CC1CN(C(=O)CC(C)C2CCNCC2)CC(C)O1. The zero-order valence-electron chi connectivity index (χ0n) is 12.5. The molecule has 0 saturated carbocycles. The average Bonchev–Trinajstić information content (AvgIpc) is 2.38. The predicted octanol–water partition coefficient (Wildman–Crippen LogP) is 1.65. The van der Waals surface area contributed by atoms with Crippen LogP contribution in [0.3, 0.4) is 0 Å². The van der Waals surface area contributed by atoms with E-state index in [4.69, 9.17) is 4.74 Å². The molecule has 4 nitrogen and oxygen atoms in total. The van der Waals surface area contributed by atoms with Crippen LogP contribution in [-0.2, 0) is 9.53 Å². The average molecular weight is 268 g/mol. The molecule has 0 radical (unpaired) electrons. The Morgan fingerprint density at radius 1 is 1.26 bits per heavy atom. The summed E-state index contributed by atoms with van der Waals surface area (Å²) in [6.07, 6.45) is 3.46. The van der Waals surface area contributed by atoms with E-state index in [1.54, 1.807) is 0 Å². The molecule has 2 aliphatic rings. The van der Waals surface area contributed by atoms with Gasteiger partial charge in [0.05, 0.1) is 12.2 Å². The summed E-state index contributed by atoms with van der Waals surface area (Å²) in [4.78, 5) is 14.4. The minimum atomic E-state index is 0.168. The van der Waals surface area contributed by atoms with E-state index in [-0.39, 0.29) is 12.2 Å². The number of piperidine rings is 1. The molecule has 3 unspecified atom stereocenters. The Morgan fingerprint density at radius 3 is 2.42 bits per heavy atom. The number of hydrogen-bond acceptors (Lipinski definition) is 3. The number of nitrogens with zero attached hydrogens (tertiary/aromatic N) is 1. The van der Waals surface area contributed by atoms with E-state index in [0.29, 0.717) is 24.2 Å². The fourth-order valence-electron chi connectivity index (χ4n) is 3.37. The smallest absolute Gasteiger partial charge is 0.223 e. The second-order valence-corrected chi connectivity index (χ2v) is 6.32. The molecule has 0 bridgehead atoms. The number of nitrogens with one attached hydrogen (secondary N) is 1. The maximum atomic E-state index is 12.4. The van der Waals surface area contributed by atoms with Gasteiger partial charge in [-0.25, -0.2) is 0 Å². The van der Waals surface area contributed by atoms with Crippen molar-refractivity contribution in [2.45, 2.75) is 52.2 Å². The molecule has 2 aliphatic heterocycles. The standard InChI is InChI=1S/C15H28N2O2/c1-11(14-4-6-16-7-5-14)8-15(18)17-9-12(2)19-13(3)10-17/h11-14,16H,4-10H2,1-3H3. The van der Waals surface area contributed by atoms with Gasteiger partial charge in [0.25, 0.3) is 0 Å². The van der Waals surface area contributed by atoms with Crippen LogP contribution in [0.5, 0.6) is 0 Å². The third-order valence-electron chi connectivity index (χ3n) is 4.46. The molecule has 19 heavy (non-hydrogen) atoms. The van der Waals surface area contributed by atoms with Crippen LogP contribution in [0.1, 0.15) is 40.0 Å². The number of carbonyl (C=O) groups is 1. The Labute approximate surface area is 116 Å². The largest absolute Gasteiger partial charge is 0.372 e. The Bertz CT molecular complexity index is 293. The molecule has 2 fully saturated rings. The molecular formula is C15H28N2O2. The zero-order valence-corrected chi connectivity index (χ0v) is 12.5. The summed E-state index contributed by atoms with van der Waals surface area (Å²) in [5, 5.41) is 3.39. The Morgan fingerprint density at radius 2 is 1.84 bits per heavy atom. The van der Waals surface area contributed by atoms with Crippen molar-refractivity contribution >= 4 is 5.91 Å². The van der Waals surface area contributed by atoms with E-state index in [1.807, 2.05) is 18.7 Å². The number of rotatable bonds is 3. The van der Waals surface area contributed by atoms with Gasteiger partial charge in [-0.15, -0.1) is 0 Å². The van der Waals surface area contributed by atoms with Gasteiger partial charge in [-0.05, 0) is 51.6 Å². The maximum Gasteiger partial charge on any atom is 0.223 e. The molecule has 1 amide bonds. The third kappa shape index (κ3) is 4.18. The predicted molar refractivity (Wildman–Crippen MR) is 76.0 cm³/mol. The second-order valence-electron chi connectivity index (χ2n) is 6.32. The number of ether oxygens (including phenoxy) is 1. The van der Waals surface area contributed by atoms with E-state index < -0.39 is 0 Å². The van der Waals surface area contributed by atoms with E-state index in [1.165, 1.54) is 12.8 Å². The summed E-state index contributed by atoms with van der Waals surface area (Å²) in [6.45, 7) is 10.0. The number of carbonyl (C=O) groups excluding carboxylic acids is 1. The second kappa shape index (κ2) is 6.71. The quantitative estimate of drug-likeness (QED) is 0.846. The fourth-order valence-corrected chi connectivity index (χ4v) is 3.37. The monoisotopic (exact) mass is 268 g/mol. The van der Waals surface area contributed by atoms with Crippen molar-refractivity contribution < 1.29 is 9.53 Å². The lowest BCUT2D eigenvalue weighted by molar-refractivity contribution is -0.144. The van der Waals surface area contributed by atoms with Crippen molar-refractivity contribution in [2.75, 3.05) is 26.2 Å². The van der Waals surface area contributed by atoms with Crippen molar-refractivity contribution in [1.82, 2.24) is 10.2 Å². The maximum absolute atomic E-state index is 12.4. The lowest BCUT2D eigenvalue weighted by Gasteiger charge is -2.36. The van der Waals surface area contributed by atoms with Crippen molar-refractivity contribution in [2.24, 2.45) is 11.8 Å². The molecule has 2 heterocycles. The molecule has 3 atom stereocenters. The van der Waals surface area contributed by atoms with Crippen molar-refractivity contribution in [3.05, 3.63) is 0 Å². The van der Waals surface area contributed by atoms with Crippen molar-refractivity contribution in [1.29, 1.82) is 0 Å². The topological polar surface area (TPSA) is 41.6 Å². The summed E-state index contributed by atoms with van der Waals surface area (Å²) in [5.41, 5.74) is 0. The normalized spacial score (nSPS) is 31.2. The fraction of sp³-hybridized carbons (Fsp3) is 0.933. The van der Waals surface area contributed by atoms with Gasteiger partial charge in [-0.2, -0.15) is 0 Å². The van der Waals surface area contributed by atoms with Gasteiger partial charge >= 0.3 is 0 Å². The van der Waals surface area contributed by atoms with Crippen LogP contribution < -0.4 is 5.32 Å². The molecule has 1 N–H and O–H groups in total. The summed E-state index contributed by atoms with van der Waals surface area (Å²) in [6, 6.07) is 0. The minimum Gasteiger partial charge on any atom is -0.372 e. The van der Waals surface area contributed by atoms with Gasteiger partial charge in [-0.3, -0.25) is 4.79 Å². The highest BCUT2D eigenvalue weighted by molar-refractivity contribution is 5.76. The number of morpholine rings is 1. The molecular weight excluding hydrogens is 240 g/mol. The van der Waals surface area contributed by atoms with Gasteiger partial charge in [-0.1, -0.05) is 6.92 Å². The molecule has 0 spiro atoms. The molecule has 110 valence electrons. The molecule has 2 rings (SSSR count). The van der Waals surface area contributed by atoms with E-state index in [2.05, 4.69) is 12.2 Å². The van der Waals surface area contributed by atoms with Crippen LogP contribution >= 0.6 is 0 Å². The lowest BCUT2D eigenvalue weighted by Crippen LogP contribution is -2.48. The molecule has 0 aromatic carbocycles. The van der Waals surface area contributed by atoms with Crippen LogP contribution in [0.2, 0.25) is 0 Å². The zero-order chi connectivity index (χ0) is 13.8. The first kappa shape index (κ1) is 14.8. The van der Waals surface area contributed by atoms with Crippen molar-refractivity contribution in [3.63, 3.8) is 0 Å². The Kier molecular flexibility index (Phi) is 5.22. The van der Waals surface area contributed by atoms with Crippen LogP contribution in [-0.4, -0.2) is 49.2 Å². The number of amides is 1. The Hall–Kier alpha value is -0.610. The van der Waals surface area contributed by atoms with Crippen LogP contribution in [0.4, 0.5) is 0 Å². The summed E-state index contributed by atoms with van der Waals surface area (Å²) >= 11 is 0. The third-order valence-corrected chi connectivity index (χ3v) is 4.46. The summed E-state index contributed by atoms with van der Waals surface area (Å²) in [5.74, 6) is 1.53. The molecule has 0 aliphatic carbocycles.